The van der Waals surface area contributed by atoms with Crippen LogP contribution in [0, 0.1) is 6.92 Å². The lowest BCUT2D eigenvalue weighted by atomic mass is 10.2. The van der Waals surface area contributed by atoms with Crippen LogP contribution in [0.3, 0.4) is 0 Å². The smallest absolute Gasteiger partial charge is 0.161 e. The van der Waals surface area contributed by atoms with E-state index in [1.807, 2.05) is 23.9 Å². The van der Waals surface area contributed by atoms with Crippen LogP contribution < -0.4 is 9.47 Å². The SMILES string of the molecule is COc1cc(C)c(SCCCCCO)cc1OC. The summed E-state index contributed by atoms with van der Waals surface area (Å²) in [7, 11) is 3.31. The number of aliphatic hydroxyl groups is 1. The summed E-state index contributed by atoms with van der Waals surface area (Å²) in [6, 6.07) is 4.04. The molecule has 1 aromatic carbocycles. The molecule has 0 aromatic heterocycles. The van der Waals surface area contributed by atoms with E-state index in [1.165, 1.54) is 10.5 Å². The highest BCUT2D eigenvalue weighted by molar-refractivity contribution is 7.99. The van der Waals surface area contributed by atoms with Crippen molar-refractivity contribution in [1.29, 1.82) is 0 Å². The van der Waals surface area contributed by atoms with E-state index in [-0.39, 0.29) is 0 Å². The number of ether oxygens (including phenoxy) is 2. The molecule has 0 fully saturated rings. The monoisotopic (exact) mass is 270 g/mol. The molecule has 0 atom stereocenters. The Morgan fingerprint density at radius 3 is 2.33 bits per heavy atom. The second-order valence-electron chi connectivity index (χ2n) is 4.11. The second-order valence-corrected chi connectivity index (χ2v) is 5.24. The highest BCUT2D eigenvalue weighted by Crippen LogP contribution is 2.35. The average molecular weight is 270 g/mol. The Morgan fingerprint density at radius 1 is 1.06 bits per heavy atom. The molecule has 3 nitrogen and oxygen atoms in total. The van der Waals surface area contributed by atoms with Crippen LogP contribution in [0.5, 0.6) is 11.5 Å². The molecule has 0 bridgehead atoms. The minimum absolute atomic E-state index is 0.292. The van der Waals surface area contributed by atoms with Crippen LogP contribution in [0.25, 0.3) is 0 Å². The van der Waals surface area contributed by atoms with Gasteiger partial charge in [-0.3, -0.25) is 0 Å². The minimum Gasteiger partial charge on any atom is -0.493 e. The van der Waals surface area contributed by atoms with Crippen molar-refractivity contribution in [3.05, 3.63) is 17.7 Å². The van der Waals surface area contributed by atoms with E-state index in [0.717, 1.165) is 36.5 Å². The van der Waals surface area contributed by atoms with Crippen LogP contribution in [0.4, 0.5) is 0 Å². The molecule has 0 aliphatic heterocycles. The molecule has 0 amide bonds. The van der Waals surface area contributed by atoms with Crippen molar-refractivity contribution < 1.29 is 14.6 Å². The molecule has 102 valence electrons. The topological polar surface area (TPSA) is 38.7 Å². The number of hydrogen-bond acceptors (Lipinski definition) is 4. The van der Waals surface area contributed by atoms with Gasteiger partial charge < -0.3 is 14.6 Å². The van der Waals surface area contributed by atoms with E-state index in [9.17, 15) is 0 Å². The third kappa shape index (κ3) is 4.42. The summed E-state index contributed by atoms with van der Waals surface area (Å²) < 4.78 is 10.6. The summed E-state index contributed by atoms with van der Waals surface area (Å²) in [5.41, 5.74) is 1.21. The van der Waals surface area contributed by atoms with E-state index in [2.05, 4.69) is 6.92 Å². The van der Waals surface area contributed by atoms with E-state index in [4.69, 9.17) is 14.6 Å². The van der Waals surface area contributed by atoms with Crippen molar-refractivity contribution in [2.75, 3.05) is 26.6 Å². The van der Waals surface area contributed by atoms with Gasteiger partial charge >= 0.3 is 0 Å². The van der Waals surface area contributed by atoms with Crippen molar-refractivity contribution in [2.45, 2.75) is 31.1 Å². The van der Waals surface area contributed by atoms with Gasteiger partial charge in [-0.05, 0) is 43.2 Å². The molecule has 1 rings (SSSR count). The molecule has 0 saturated heterocycles. The summed E-state index contributed by atoms with van der Waals surface area (Å²) in [4.78, 5) is 1.23. The van der Waals surface area contributed by atoms with Crippen molar-refractivity contribution in [3.8, 4) is 11.5 Å². The van der Waals surface area contributed by atoms with Crippen molar-refractivity contribution in [2.24, 2.45) is 0 Å². The Balaban J connectivity index is 2.59. The lowest BCUT2D eigenvalue weighted by Gasteiger charge is -2.12. The molecule has 0 spiro atoms. The van der Waals surface area contributed by atoms with Gasteiger partial charge in [0.05, 0.1) is 14.2 Å². The largest absolute Gasteiger partial charge is 0.493 e. The Bertz CT molecular complexity index is 366. The zero-order valence-corrected chi connectivity index (χ0v) is 12.2. The number of unbranched alkanes of at least 4 members (excludes halogenated alkanes) is 2. The molecule has 18 heavy (non-hydrogen) atoms. The highest BCUT2D eigenvalue weighted by Gasteiger charge is 2.08. The number of aryl methyl sites for hydroxylation is 1. The zero-order valence-electron chi connectivity index (χ0n) is 11.4. The van der Waals surface area contributed by atoms with Gasteiger partial charge in [-0.2, -0.15) is 0 Å². The number of thioether (sulfide) groups is 1. The fraction of sp³-hybridized carbons (Fsp3) is 0.571. The Hall–Kier alpha value is -0.870. The first kappa shape index (κ1) is 15.2. The van der Waals surface area contributed by atoms with Gasteiger partial charge in [-0.1, -0.05) is 6.42 Å². The van der Waals surface area contributed by atoms with E-state index in [0.29, 0.717) is 6.61 Å². The van der Waals surface area contributed by atoms with Gasteiger partial charge in [-0.25, -0.2) is 0 Å². The number of methoxy groups -OCH3 is 2. The lowest BCUT2D eigenvalue weighted by molar-refractivity contribution is 0.284. The van der Waals surface area contributed by atoms with Crippen LogP contribution in [0.1, 0.15) is 24.8 Å². The Labute approximate surface area is 113 Å². The highest BCUT2D eigenvalue weighted by atomic mass is 32.2. The molecule has 0 aliphatic rings. The standard InChI is InChI=1S/C14H22O3S/c1-11-9-12(16-2)13(17-3)10-14(11)18-8-6-4-5-7-15/h9-10,15H,4-8H2,1-3H3. The summed E-state index contributed by atoms with van der Waals surface area (Å²) in [5, 5.41) is 8.72. The van der Waals surface area contributed by atoms with Crippen molar-refractivity contribution in [3.63, 3.8) is 0 Å². The molecule has 4 heteroatoms. The van der Waals surface area contributed by atoms with E-state index >= 15 is 0 Å². The number of benzene rings is 1. The molecule has 0 unspecified atom stereocenters. The van der Waals surface area contributed by atoms with Crippen LogP contribution >= 0.6 is 11.8 Å². The van der Waals surface area contributed by atoms with Crippen molar-refractivity contribution >= 4 is 11.8 Å². The molecule has 0 radical (unpaired) electrons. The van der Waals surface area contributed by atoms with Gasteiger partial charge in [-0.15, -0.1) is 11.8 Å². The molecule has 1 aromatic rings. The van der Waals surface area contributed by atoms with E-state index < -0.39 is 0 Å². The van der Waals surface area contributed by atoms with Crippen molar-refractivity contribution in [1.82, 2.24) is 0 Å². The third-order valence-electron chi connectivity index (χ3n) is 2.74. The van der Waals surface area contributed by atoms with Gasteiger partial charge in [0.2, 0.25) is 0 Å². The maximum atomic E-state index is 8.72. The first-order valence-electron chi connectivity index (χ1n) is 6.19. The zero-order chi connectivity index (χ0) is 13.4. The summed E-state index contributed by atoms with van der Waals surface area (Å²) >= 11 is 1.83. The van der Waals surface area contributed by atoms with Crippen LogP contribution in [0.15, 0.2) is 17.0 Å². The fourth-order valence-electron chi connectivity index (χ4n) is 1.69. The maximum absolute atomic E-state index is 8.72. The first-order valence-corrected chi connectivity index (χ1v) is 7.17. The molecule has 0 heterocycles. The number of rotatable bonds is 8. The predicted octanol–water partition coefficient (Wildman–Crippen LogP) is 3.27. The minimum atomic E-state index is 0.292. The maximum Gasteiger partial charge on any atom is 0.161 e. The fourth-order valence-corrected chi connectivity index (χ4v) is 2.74. The van der Waals surface area contributed by atoms with Crippen LogP contribution in [-0.4, -0.2) is 31.7 Å². The van der Waals surface area contributed by atoms with Gasteiger partial charge in [0.25, 0.3) is 0 Å². The van der Waals surface area contributed by atoms with Gasteiger partial charge in [0, 0.05) is 11.5 Å². The summed E-state index contributed by atoms with van der Waals surface area (Å²) in [5.74, 6) is 2.62. The first-order chi connectivity index (χ1) is 8.72. The van der Waals surface area contributed by atoms with Gasteiger partial charge in [0.1, 0.15) is 0 Å². The van der Waals surface area contributed by atoms with Gasteiger partial charge in [0.15, 0.2) is 11.5 Å². The summed E-state index contributed by atoms with van der Waals surface area (Å²) in [6.07, 6.45) is 3.10. The molecule has 1 N–H and O–H groups in total. The third-order valence-corrected chi connectivity index (χ3v) is 3.98. The normalized spacial score (nSPS) is 10.4. The summed E-state index contributed by atoms with van der Waals surface area (Å²) in [6.45, 7) is 2.37. The van der Waals surface area contributed by atoms with Crippen LogP contribution in [0.2, 0.25) is 0 Å². The number of aliphatic hydroxyl groups excluding tert-OH is 1. The quantitative estimate of drug-likeness (QED) is 0.581. The number of hydrogen-bond donors (Lipinski definition) is 1. The molecular weight excluding hydrogens is 248 g/mol. The molecule has 0 aliphatic carbocycles. The predicted molar refractivity (Wildman–Crippen MR) is 75.9 cm³/mol. The molecular formula is C14H22O3S. The molecule has 0 saturated carbocycles. The Morgan fingerprint density at radius 2 is 1.72 bits per heavy atom. The van der Waals surface area contributed by atoms with E-state index in [1.54, 1.807) is 14.2 Å². The van der Waals surface area contributed by atoms with Crippen LogP contribution in [-0.2, 0) is 0 Å². The Kier molecular flexibility index (Phi) is 6.98. The average Bonchev–Trinajstić information content (AvgIpc) is 2.39. The second kappa shape index (κ2) is 8.27. The lowest BCUT2D eigenvalue weighted by Crippen LogP contribution is -1.93.